The lowest BCUT2D eigenvalue weighted by Crippen LogP contribution is -2.17. The molecule has 0 aliphatic carbocycles. The predicted molar refractivity (Wildman–Crippen MR) is 72.9 cm³/mol. The SMILES string of the molecule is COc1nc(NC(=O)CCOCC(F)F)nc2c1cnn2C. The van der Waals surface area contributed by atoms with Crippen LogP contribution < -0.4 is 10.1 Å². The summed E-state index contributed by atoms with van der Waals surface area (Å²) in [5.41, 5.74) is 0.496. The number of ether oxygens (including phenoxy) is 2. The fraction of sp³-hybridized carbons (Fsp3) is 0.500. The third kappa shape index (κ3) is 3.85. The molecule has 0 aromatic carbocycles. The van der Waals surface area contributed by atoms with Crippen LogP contribution in [0.2, 0.25) is 0 Å². The van der Waals surface area contributed by atoms with Gasteiger partial charge in [-0.15, -0.1) is 0 Å². The highest BCUT2D eigenvalue weighted by Crippen LogP contribution is 2.22. The molecule has 0 aliphatic heterocycles. The van der Waals surface area contributed by atoms with Gasteiger partial charge in [0.25, 0.3) is 6.43 Å². The van der Waals surface area contributed by atoms with Crippen LogP contribution in [0.15, 0.2) is 6.20 Å². The third-order valence-corrected chi connectivity index (χ3v) is 2.72. The van der Waals surface area contributed by atoms with Crippen LogP contribution in [0.4, 0.5) is 14.7 Å². The summed E-state index contributed by atoms with van der Waals surface area (Å²) in [4.78, 5) is 19.9. The second kappa shape index (κ2) is 7.07. The van der Waals surface area contributed by atoms with Crippen LogP contribution in [0.25, 0.3) is 11.0 Å². The summed E-state index contributed by atoms with van der Waals surface area (Å²) in [6, 6.07) is 0. The molecule has 22 heavy (non-hydrogen) atoms. The van der Waals surface area contributed by atoms with E-state index in [-0.39, 0.29) is 24.9 Å². The van der Waals surface area contributed by atoms with Gasteiger partial charge in [0.05, 0.1) is 26.3 Å². The van der Waals surface area contributed by atoms with Crippen molar-refractivity contribution in [1.82, 2.24) is 19.7 Å². The Morgan fingerprint density at radius 2 is 2.23 bits per heavy atom. The van der Waals surface area contributed by atoms with E-state index < -0.39 is 18.9 Å². The molecule has 0 radical (unpaired) electrons. The van der Waals surface area contributed by atoms with Gasteiger partial charge in [0.15, 0.2) is 5.65 Å². The first-order chi connectivity index (χ1) is 10.5. The highest BCUT2D eigenvalue weighted by molar-refractivity contribution is 5.90. The molecule has 0 unspecified atom stereocenters. The van der Waals surface area contributed by atoms with E-state index in [2.05, 4.69) is 25.1 Å². The van der Waals surface area contributed by atoms with Crippen LogP contribution in [-0.2, 0) is 16.6 Å². The number of carbonyl (C=O) groups excluding carboxylic acids is 1. The van der Waals surface area contributed by atoms with Gasteiger partial charge in [-0.25, -0.2) is 8.78 Å². The molecule has 8 nitrogen and oxygen atoms in total. The number of rotatable bonds is 7. The molecule has 2 rings (SSSR count). The van der Waals surface area contributed by atoms with E-state index >= 15 is 0 Å². The number of halogens is 2. The maximum Gasteiger partial charge on any atom is 0.261 e. The summed E-state index contributed by atoms with van der Waals surface area (Å²) in [7, 11) is 3.14. The van der Waals surface area contributed by atoms with E-state index in [1.807, 2.05) is 0 Å². The summed E-state index contributed by atoms with van der Waals surface area (Å²) in [5.74, 6) is -0.119. The molecular formula is C12H15F2N5O3. The van der Waals surface area contributed by atoms with E-state index in [0.29, 0.717) is 11.0 Å². The largest absolute Gasteiger partial charge is 0.480 e. The minimum atomic E-state index is -2.55. The van der Waals surface area contributed by atoms with Gasteiger partial charge in [-0.2, -0.15) is 15.1 Å². The first-order valence-electron chi connectivity index (χ1n) is 6.40. The number of alkyl halides is 2. The zero-order valence-corrected chi connectivity index (χ0v) is 12.0. The number of aryl methyl sites for hydroxylation is 1. The topological polar surface area (TPSA) is 91.2 Å². The van der Waals surface area contributed by atoms with Crippen LogP contribution in [0.3, 0.4) is 0 Å². The number of carbonyl (C=O) groups is 1. The van der Waals surface area contributed by atoms with Gasteiger partial charge in [-0.1, -0.05) is 0 Å². The van der Waals surface area contributed by atoms with Crippen molar-refractivity contribution in [3.05, 3.63) is 6.20 Å². The van der Waals surface area contributed by atoms with Gasteiger partial charge >= 0.3 is 0 Å². The molecule has 120 valence electrons. The van der Waals surface area contributed by atoms with Crippen molar-refractivity contribution in [1.29, 1.82) is 0 Å². The Hall–Kier alpha value is -2.36. The molecule has 0 spiro atoms. The highest BCUT2D eigenvalue weighted by Gasteiger charge is 2.13. The second-order valence-corrected chi connectivity index (χ2v) is 4.33. The monoisotopic (exact) mass is 315 g/mol. The smallest absolute Gasteiger partial charge is 0.261 e. The molecule has 1 amide bonds. The predicted octanol–water partition coefficient (Wildman–Crippen LogP) is 0.982. The zero-order valence-electron chi connectivity index (χ0n) is 12.0. The van der Waals surface area contributed by atoms with Gasteiger partial charge in [-0.3, -0.25) is 14.8 Å². The first-order valence-corrected chi connectivity index (χ1v) is 6.40. The van der Waals surface area contributed by atoms with Crippen molar-refractivity contribution in [2.45, 2.75) is 12.8 Å². The fourth-order valence-corrected chi connectivity index (χ4v) is 1.73. The average Bonchev–Trinajstić information content (AvgIpc) is 2.84. The Kier molecular flexibility index (Phi) is 5.15. The quantitative estimate of drug-likeness (QED) is 0.766. The Balaban J connectivity index is 2.01. The molecular weight excluding hydrogens is 300 g/mol. The maximum atomic E-state index is 11.9. The molecule has 2 aromatic rings. The number of methoxy groups -OCH3 is 1. The summed E-state index contributed by atoms with van der Waals surface area (Å²) in [5, 5.41) is 7.11. The molecule has 0 aliphatic rings. The van der Waals surface area contributed by atoms with Crippen LogP contribution >= 0.6 is 0 Å². The van der Waals surface area contributed by atoms with Crippen molar-refractivity contribution >= 4 is 22.9 Å². The third-order valence-electron chi connectivity index (χ3n) is 2.72. The van der Waals surface area contributed by atoms with E-state index in [1.165, 1.54) is 11.8 Å². The normalized spacial score (nSPS) is 11.1. The first kappa shape index (κ1) is 16.0. The molecule has 2 heterocycles. The van der Waals surface area contributed by atoms with Gasteiger partial charge in [0.1, 0.15) is 12.0 Å². The highest BCUT2D eigenvalue weighted by atomic mass is 19.3. The van der Waals surface area contributed by atoms with Crippen molar-refractivity contribution in [2.24, 2.45) is 7.05 Å². The molecule has 0 bridgehead atoms. The van der Waals surface area contributed by atoms with Gasteiger partial charge in [-0.05, 0) is 0 Å². The van der Waals surface area contributed by atoms with Crippen LogP contribution in [0.1, 0.15) is 6.42 Å². The lowest BCUT2D eigenvalue weighted by atomic mass is 10.4. The number of amides is 1. The van der Waals surface area contributed by atoms with Gasteiger partial charge in [0, 0.05) is 7.05 Å². The maximum absolute atomic E-state index is 11.9. The van der Waals surface area contributed by atoms with Crippen LogP contribution in [-0.4, -0.2) is 52.4 Å². The average molecular weight is 315 g/mol. The molecule has 0 saturated heterocycles. The van der Waals surface area contributed by atoms with Crippen molar-refractivity contribution in [2.75, 3.05) is 25.6 Å². The summed E-state index contributed by atoms with van der Waals surface area (Å²) >= 11 is 0. The van der Waals surface area contributed by atoms with Gasteiger partial charge in [0.2, 0.25) is 17.7 Å². The number of fused-ring (bicyclic) bond motifs is 1. The molecule has 1 N–H and O–H groups in total. The molecule has 0 fully saturated rings. The lowest BCUT2D eigenvalue weighted by Gasteiger charge is -2.07. The number of hydrogen-bond donors (Lipinski definition) is 1. The number of aromatic nitrogens is 4. The van der Waals surface area contributed by atoms with Crippen LogP contribution in [0.5, 0.6) is 5.88 Å². The Labute approximate surface area is 124 Å². The number of anilines is 1. The Bertz CT molecular complexity index is 661. The number of hydrogen-bond acceptors (Lipinski definition) is 6. The number of nitrogens with zero attached hydrogens (tertiary/aromatic N) is 4. The lowest BCUT2D eigenvalue weighted by molar-refractivity contribution is -0.117. The molecule has 2 aromatic heterocycles. The standard InChI is InChI=1S/C12H15F2N5O3/c1-19-10-7(5-15-19)11(21-2)18-12(17-10)16-9(20)3-4-22-6-8(13)14/h5,8H,3-4,6H2,1-2H3,(H,16,17,18,20). The Morgan fingerprint density at radius 3 is 2.91 bits per heavy atom. The zero-order chi connectivity index (χ0) is 16.1. The van der Waals surface area contributed by atoms with E-state index in [4.69, 9.17) is 4.74 Å². The molecule has 10 heteroatoms. The van der Waals surface area contributed by atoms with Gasteiger partial charge < -0.3 is 9.47 Å². The van der Waals surface area contributed by atoms with E-state index in [9.17, 15) is 13.6 Å². The summed E-state index contributed by atoms with van der Waals surface area (Å²) < 4.78 is 35.0. The minimum absolute atomic E-state index is 0.0480. The fourth-order valence-electron chi connectivity index (χ4n) is 1.73. The molecule has 0 atom stereocenters. The van der Waals surface area contributed by atoms with Crippen molar-refractivity contribution < 1.29 is 23.0 Å². The van der Waals surface area contributed by atoms with Crippen molar-refractivity contribution in [3.8, 4) is 5.88 Å². The summed E-state index contributed by atoms with van der Waals surface area (Å²) in [6.07, 6.45) is -1.08. The van der Waals surface area contributed by atoms with Crippen molar-refractivity contribution in [3.63, 3.8) is 0 Å². The van der Waals surface area contributed by atoms with E-state index in [0.717, 1.165) is 0 Å². The Morgan fingerprint density at radius 1 is 1.45 bits per heavy atom. The second-order valence-electron chi connectivity index (χ2n) is 4.33. The minimum Gasteiger partial charge on any atom is -0.480 e. The summed E-state index contributed by atoms with van der Waals surface area (Å²) in [6.45, 7) is -0.806. The molecule has 0 saturated carbocycles. The number of nitrogens with one attached hydrogen (secondary N) is 1. The van der Waals surface area contributed by atoms with E-state index in [1.54, 1.807) is 13.2 Å². The van der Waals surface area contributed by atoms with Crippen LogP contribution in [0, 0.1) is 0 Å².